The second-order valence-corrected chi connectivity index (χ2v) is 4.28. The van der Waals surface area contributed by atoms with Crippen molar-refractivity contribution in [1.82, 2.24) is 4.98 Å². The molecule has 0 bridgehead atoms. The van der Waals surface area contributed by atoms with Crippen molar-refractivity contribution in [2.24, 2.45) is 5.73 Å². The number of nitrogens with two attached hydrogens (primary N) is 2. The first-order chi connectivity index (χ1) is 8.88. The number of hydrogen-bond acceptors (Lipinski definition) is 6. The molecule has 0 radical (unpaired) electrons. The fourth-order valence-corrected chi connectivity index (χ4v) is 1.65. The first kappa shape index (κ1) is 14.7. The smallest absolute Gasteiger partial charge is 0.340 e. The number of anilines is 2. The van der Waals surface area contributed by atoms with Crippen LogP contribution in [0.1, 0.15) is 24.2 Å². The molecule has 0 aliphatic carbocycles. The van der Waals surface area contributed by atoms with E-state index in [-0.39, 0.29) is 23.8 Å². The van der Waals surface area contributed by atoms with Gasteiger partial charge in [-0.2, -0.15) is 0 Å². The minimum atomic E-state index is -0.552. The number of rotatable bonds is 5. The Labute approximate surface area is 111 Å². The molecule has 1 amide bonds. The third-order valence-electron chi connectivity index (χ3n) is 2.60. The fourth-order valence-electron chi connectivity index (χ4n) is 1.65. The van der Waals surface area contributed by atoms with Gasteiger partial charge >= 0.3 is 5.97 Å². The van der Waals surface area contributed by atoms with Crippen molar-refractivity contribution in [1.29, 1.82) is 0 Å². The Hall–Kier alpha value is -2.31. The van der Waals surface area contributed by atoms with E-state index in [1.807, 2.05) is 13.8 Å². The molecule has 0 fully saturated rings. The van der Waals surface area contributed by atoms with Crippen LogP contribution in [-0.4, -0.2) is 36.6 Å². The van der Waals surface area contributed by atoms with E-state index in [0.717, 1.165) is 0 Å². The lowest BCUT2D eigenvalue weighted by atomic mass is 10.2. The molecule has 0 aliphatic rings. The van der Waals surface area contributed by atoms with Crippen LogP contribution >= 0.6 is 0 Å². The zero-order chi connectivity index (χ0) is 14.6. The molecular formula is C12H18N4O3. The van der Waals surface area contributed by atoms with Crippen LogP contribution in [0, 0.1) is 0 Å². The number of carbonyl (C=O) groups excluding carboxylic acids is 2. The molecule has 104 valence electrons. The van der Waals surface area contributed by atoms with Crippen LogP contribution in [0.5, 0.6) is 0 Å². The Morgan fingerprint density at radius 2 is 2.11 bits per heavy atom. The lowest BCUT2D eigenvalue weighted by molar-refractivity contribution is -0.116. The minimum Gasteiger partial charge on any atom is -0.465 e. The highest BCUT2D eigenvalue weighted by Gasteiger charge is 2.21. The van der Waals surface area contributed by atoms with E-state index >= 15 is 0 Å². The molecule has 7 nitrogen and oxygen atoms in total. The maximum atomic E-state index is 11.6. The second-order valence-electron chi connectivity index (χ2n) is 4.28. The van der Waals surface area contributed by atoms with E-state index in [0.29, 0.717) is 5.82 Å². The number of primary amides is 1. The van der Waals surface area contributed by atoms with Crippen molar-refractivity contribution in [2.75, 3.05) is 24.3 Å². The molecule has 0 atom stereocenters. The number of esters is 1. The van der Waals surface area contributed by atoms with Gasteiger partial charge in [0.05, 0.1) is 24.9 Å². The summed E-state index contributed by atoms with van der Waals surface area (Å²) in [5, 5.41) is 0. The fraction of sp³-hybridized carbons (Fsp3) is 0.417. The molecule has 19 heavy (non-hydrogen) atoms. The van der Waals surface area contributed by atoms with Gasteiger partial charge in [0, 0.05) is 12.2 Å². The van der Waals surface area contributed by atoms with E-state index < -0.39 is 11.9 Å². The second kappa shape index (κ2) is 6.03. The Morgan fingerprint density at radius 3 is 2.58 bits per heavy atom. The van der Waals surface area contributed by atoms with Crippen molar-refractivity contribution in [2.45, 2.75) is 19.9 Å². The van der Waals surface area contributed by atoms with Crippen LogP contribution in [-0.2, 0) is 9.53 Å². The van der Waals surface area contributed by atoms with Crippen molar-refractivity contribution >= 4 is 23.4 Å². The highest BCUT2D eigenvalue weighted by atomic mass is 16.5. The molecule has 0 saturated heterocycles. The first-order valence-electron chi connectivity index (χ1n) is 5.76. The highest BCUT2D eigenvalue weighted by molar-refractivity contribution is 5.98. The summed E-state index contributed by atoms with van der Waals surface area (Å²) in [5.41, 5.74) is 11.5. The zero-order valence-electron chi connectivity index (χ0n) is 11.2. The molecule has 7 heteroatoms. The summed E-state index contributed by atoms with van der Waals surface area (Å²) in [5.74, 6) is -0.709. The van der Waals surface area contributed by atoms with Crippen LogP contribution < -0.4 is 16.4 Å². The van der Waals surface area contributed by atoms with E-state index in [4.69, 9.17) is 11.5 Å². The minimum absolute atomic E-state index is 0.0283. The molecule has 0 aliphatic heterocycles. The standard InChI is InChI=1S/C12H18N4O3/c1-7(2)16(6-9(13)17)11-10(14)8(4-5-15-11)12(18)19-3/h4-5,7H,6,14H2,1-3H3,(H2,13,17). The van der Waals surface area contributed by atoms with Crippen molar-refractivity contribution in [3.63, 3.8) is 0 Å². The number of hydrogen-bond donors (Lipinski definition) is 2. The van der Waals surface area contributed by atoms with Gasteiger partial charge in [0.1, 0.15) is 0 Å². The number of methoxy groups -OCH3 is 1. The SMILES string of the molecule is COC(=O)c1ccnc(N(CC(N)=O)C(C)C)c1N. The topological polar surface area (TPSA) is 112 Å². The monoisotopic (exact) mass is 266 g/mol. The predicted octanol–water partition coefficient (Wildman–Crippen LogP) is 0.151. The molecule has 0 aromatic carbocycles. The third kappa shape index (κ3) is 3.34. The summed E-state index contributed by atoms with van der Waals surface area (Å²) >= 11 is 0. The van der Waals surface area contributed by atoms with Gasteiger partial charge in [0.15, 0.2) is 5.82 Å². The summed E-state index contributed by atoms with van der Waals surface area (Å²) in [7, 11) is 1.27. The largest absolute Gasteiger partial charge is 0.465 e. The normalized spacial score (nSPS) is 10.3. The lowest BCUT2D eigenvalue weighted by Crippen LogP contribution is -2.39. The van der Waals surface area contributed by atoms with E-state index in [2.05, 4.69) is 9.72 Å². The summed E-state index contributed by atoms with van der Waals surface area (Å²) in [4.78, 5) is 28.4. The number of amides is 1. The molecule has 0 unspecified atom stereocenters. The Morgan fingerprint density at radius 1 is 1.47 bits per heavy atom. The van der Waals surface area contributed by atoms with Crippen LogP contribution in [0.4, 0.5) is 11.5 Å². The maximum Gasteiger partial charge on any atom is 0.340 e. The van der Waals surface area contributed by atoms with Gasteiger partial charge in [-0.3, -0.25) is 4.79 Å². The van der Waals surface area contributed by atoms with Crippen molar-refractivity contribution in [3.05, 3.63) is 17.8 Å². The van der Waals surface area contributed by atoms with Crippen molar-refractivity contribution in [3.8, 4) is 0 Å². The van der Waals surface area contributed by atoms with E-state index in [1.165, 1.54) is 19.4 Å². The third-order valence-corrected chi connectivity index (χ3v) is 2.60. The molecule has 4 N–H and O–H groups in total. The van der Waals surface area contributed by atoms with Gasteiger partial charge in [-0.15, -0.1) is 0 Å². The number of nitrogen functional groups attached to an aromatic ring is 1. The van der Waals surface area contributed by atoms with Crippen LogP contribution in [0.25, 0.3) is 0 Å². The average molecular weight is 266 g/mol. The van der Waals surface area contributed by atoms with Gasteiger partial charge < -0.3 is 21.1 Å². The predicted molar refractivity (Wildman–Crippen MR) is 71.7 cm³/mol. The molecule has 0 spiro atoms. The maximum absolute atomic E-state index is 11.6. The summed E-state index contributed by atoms with van der Waals surface area (Å²) in [6.07, 6.45) is 1.44. The van der Waals surface area contributed by atoms with Gasteiger partial charge in [-0.1, -0.05) is 0 Å². The van der Waals surface area contributed by atoms with Gasteiger partial charge in [-0.25, -0.2) is 9.78 Å². The van der Waals surface area contributed by atoms with E-state index in [1.54, 1.807) is 4.90 Å². The molecule has 1 rings (SSSR count). The van der Waals surface area contributed by atoms with Gasteiger partial charge in [0.2, 0.25) is 5.91 Å². The Balaban J connectivity index is 3.24. The van der Waals surface area contributed by atoms with Crippen molar-refractivity contribution < 1.29 is 14.3 Å². The van der Waals surface area contributed by atoms with Crippen LogP contribution in [0.15, 0.2) is 12.3 Å². The van der Waals surface area contributed by atoms with E-state index in [9.17, 15) is 9.59 Å². The van der Waals surface area contributed by atoms with Crippen LogP contribution in [0.3, 0.4) is 0 Å². The zero-order valence-corrected chi connectivity index (χ0v) is 11.2. The molecular weight excluding hydrogens is 248 g/mol. The lowest BCUT2D eigenvalue weighted by Gasteiger charge is -2.27. The molecule has 0 saturated carbocycles. The number of ether oxygens (including phenoxy) is 1. The summed E-state index contributed by atoms with van der Waals surface area (Å²) < 4.78 is 4.64. The number of nitrogens with zero attached hydrogens (tertiary/aromatic N) is 2. The van der Waals surface area contributed by atoms with Crippen LogP contribution in [0.2, 0.25) is 0 Å². The molecule has 1 aromatic rings. The number of carbonyl (C=O) groups is 2. The number of aromatic nitrogens is 1. The molecule has 1 aromatic heterocycles. The Bertz CT molecular complexity index is 488. The number of pyridine rings is 1. The highest BCUT2D eigenvalue weighted by Crippen LogP contribution is 2.25. The molecule has 1 heterocycles. The summed E-state index contributed by atoms with van der Waals surface area (Å²) in [6.45, 7) is 3.71. The summed E-state index contributed by atoms with van der Waals surface area (Å²) in [6, 6.07) is 1.42. The first-order valence-corrected chi connectivity index (χ1v) is 5.76. The quantitative estimate of drug-likeness (QED) is 0.734. The Kier molecular flexibility index (Phi) is 4.68. The van der Waals surface area contributed by atoms with Gasteiger partial charge in [-0.05, 0) is 19.9 Å². The average Bonchev–Trinajstić information content (AvgIpc) is 2.35. The van der Waals surface area contributed by atoms with Gasteiger partial charge in [0.25, 0.3) is 0 Å².